The second-order valence-electron chi connectivity index (χ2n) is 3.90. The van der Waals surface area contributed by atoms with E-state index in [4.69, 9.17) is 5.73 Å². The number of imidazole rings is 1. The normalized spacial score (nSPS) is 13.3. The highest BCUT2D eigenvalue weighted by Gasteiger charge is 2.09. The van der Waals surface area contributed by atoms with Gasteiger partial charge in [-0.3, -0.25) is 0 Å². The molecular weight excluding hydrogens is 193 g/mol. The van der Waals surface area contributed by atoms with Crippen molar-refractivity contribution in [2.75, 3.05) is 0 Å². The molecule has 0 spiro atoms. The first-order valence-corrected chi connectivity index (χ1v) is 4.96. The molecule has 1 atom stereocenters. The van der Waals surface area contributed by atoms with Crippen molar-refractivity contribution in [3.63, 3.8) is 0 Å². The molecule has 3 nitrogen and oxygen atoms in total. The van der Waals surface area contributed by atoms with Crippen molar-refractivity contribution < 1.29 is 4.39 Å². The number of halogens is 1. The molecule has 0 saturated carbocycles. The van der Waals surface area contributed by atoms with E-state index in [-0.39, 0.29) is 11.9 Å². The van der Waals surface area contributed by atoms with Gasteiger partial charge in [0.25, 0.3) is 0 Å². The molecule has 0 amide bonds. The molecule has 2 N–H and O–H groups in total. The summed E-state index contributed by atoms with van der Waals surface area (Å²) in [4.78, 5) is 4.39. The Labute approximate surface area is 87.7 Å². The standard InChI is InChI=1S/C11H14FN3/c1-7(13)5-11-14-8(2)10-6-9(12)3-4-15(10)11/h3-4,6-7H,5,13H2,1-2H3. The number of rotatable bonds is 2. The summed E-state index contributed by atoms with van der Waals surface area (Å²) < 4.78 is 14.9. The smallest absolute Gasteiger partial charge is 0.126 e. The van der Waals surface area contributed by atoms with Crippen molar-refractivity contribution >= 4 is 5.52 Å². The third kappa shape index (κ3) is 1.85. The zero-order chi connectivity index (χ0) is 11.0. The Balaban J connectivity index is 2.57. The number of aromatic nitrogens is 2. The Morgan fingerprint density at radius 3 is 3.00 bits per heavy atom. The molecule has 2 aromatic rings. The van der Waals surface area contributed by atoms with Crippen LogP contribution in [0.25, 0.3) is 5.52 Å². The average Bonchev–Trinajstić information content (AvgIpc) is 2.42. The van der Waals surface area contributed by atoms with Crippen LogP contribution in [0.5, 0.6) is 0 Å². The fraction of sp³-hybridized carbons (Fsp3) is 0.364. The van der Waals surface area contributed by atoms with Crippen molar-refractivity contribution in [3.8, 4) is 0 Å². The van der Waals surface area contributed by atoms with Crippen LogP contribution in [0.15, 0.2) is 18.3 Å². The van der Waals surface area contributed by atoms with Gasteiger partial charge in [0, 0.05) is 18.7 Å². The van der Waals surface area contributed by atoms with Gasteiger partial charge in [-0.1, -0.05) is 0 Å². The molecule has 2 heterocycles. The lowest BCUT2D eigenvalue weighted by Gasteiger charge is -2.03. The summed E-state index contributed by atoms with van der Waals surface area (Å²) in [5.41, 5.74) is 7.38. The molecule has 0 aliphatic carbocycles. The molecule has 15 heavy (non-hydrogen) atoms. The Morgan fingerprint density at radius 1 is 1.60 bits per heavy atom. The van der Waals surface area contributed by atoms with Crippen molar-refractivity contribution in [2.24, 2.45) is 5.73 Å². The molecule has 2 aromatic heterocycles. The van der Waals surface area contributed by atoms with Gasteiger partial charge in [-0.05, 0) is 26.0 Å². The second-order valence-corrected chi connectivity index (χ2v) is 3.90. The second kappa shape index (κ2) is 3.62. The Morgan fingerprint density at radius 2 is 2.33 bits per heavy atom. The third-order valence-electron chi connectivity index (χ3n) is 2.37. The van der Waals surface area contributed by atoms with Crippen LogP contribution in [0.3, 0.4) is 0 Å². The molecule has 4 heteroatoms. The summed E-state index contributed by atoms with van der Waals surface area (Å²) in [5, 5.41) is 0. The van der Waals surface area contributed by atoms with Gasteiger partial charge in [-0.25, -0.2) is 9.37 Å². The first kappa shape index (κ1) is 10.1. The lowest BCUT2D eigenvalue weighted by atomic mass is 10.2. The minimum atomic E-state index is -0.238. The first-order chi connectivity index (χ1) is 7.08. The van der Waals surface area contributed by atoms with Gasteiger partial charge >= 0.3 is 0 Å². The molecule has 0 fully saturated rings. The van der Waals surface area contributed by atoms with Crippen molar-refractivity contribution in [1.29, 1.82) is 0 Å². The van der Waals surface area contributed by atoms with Gasteiger partial charge in [-0.15, -0.1) is 0 Å². The number of hydrogen-bond donors (Lipinski definition) is 1. The highest BCUT2D eigenvalue weighted by atomic mass is 19.1. The van der Waals surface area contributed by atoms with E-state index in [9.17, 15) is 4.39 Å². The van der Waals surface area contributed by atoms with E-state index in [2.05, 4.69) is 4.98 Å². The average molecular weight is 207 g/mol. The zero-order valence-corrected chi connectivity index (χ0v) is 8.87. The van der Waals surface area contributed by atoms with E-state index >= 15 is 0 Å². The fourth-order valence-corrected chi connectivity index (χ4v) is 1.71. The molecule has 1 unspecified atom stereocenters. The van der Waals surface area contributed by atoms with Crippen molar-refractivity contribution in [2.45, 2.75) is 26.3 Å². The lowest BCUT2D eigenvalue weighted by Crippen LogP contribution is -2.19. The van der Waals surface area contributed by atoms with Gasteiger partial charge in [0.15, 0.2) is 0 Å². The number of aryl methyl sites for hydroxylation is 1. The van der Waals surface area contributed by atoms with E-state index in [1.165, 1.54) is 12.1 Å². The molecule has 2 rings (SSSR count). The maximum absolute atomic E-state index is 13.0. The van der Waals surface area contributed by atoms with Crippen LogP contribution in [0, 0.1) is 12.7 Å². The maximum Gasteiger partial charge on any atom is 0.126 e. The lowest BCUT2D eigenvalue weighted by molar-refractivity contribution is 0.625. The molecular formula is C11H14FN3. The SMILES string of the molecule is Cc1nc(CC(C)N)n2ccc(F)cc12. The largest absolute Gasteiger partial charge is 0.328 e. The van der Waals surface area contributed by atoms with Crippen LogP contribution in [0.4, 0.5) is 4.39 Å². The minimum Gasteiger partial charge on any atom is -0.328 e. The summed E-state index contributed by atoms with van der Waals surface area (Å²) in [6, 6.07) is 2.98. The van der Waals surface area contributed by atoms with E-state index in [0.717, 1.165) is 17.0 Å². The molecule has 0 aliphatic rings. The Kier molecular flexibility index (Phi) is 2.44. The summed E-state index contributed by atoms with van der Waals surface area (Å²) in [7, 11) is 0. The molecule has 0 bridgehead atoms. The Hall–Kier alpha value is -1.42. The van der Waals surface area contributed by atoms with Crippen LogP contribution < -0.4 is 5.73 Å². The van der Waals surface area contributed by atoms with Gasteiger partial charge in [-0.2, -0.15) is 0 Å². The maximum atomic E-state index is 13.0. The molecule has 0 radical (unpaired) electrons. The van der Waals surface area contributed by atoms with Crippen LogP contribution in [-0.4, -0.2) is 15.4 Å². The van der Waals surface area contributed by atoms with Gasteiger partial charge in [0.2, 0.25) is 0 Å². The minimum absolute atomic E-state index is 0.0556. The summed E-state index contributed by atoms with van der Waals surface area (Å²) >= 11 is 0. The summed E-state index contributed by atoms with van der Waals surface area (Å²) in [5.74, 6) is 0.648. The predicted molar refractivity (Wildman–Crippen MR) is 57.2 cm³/mol. The van der Waals surface area contributed by atoms with Gasteiger partial charge in [0.05, 0.1) is 11.2 Å². The van der Waals surface area contributed by atoms with Gasteiger partial charge in [0.1, 0.15) is 11.6 Å². The highest BCUT2D eigenvalue weighted by molar-refractivity contribution is 5.52. The van der Waals surface area contributed by atoms with Crippen LogP contribution in [-0.2, 0) is 6.42 Å². The molecule has 80 valence electrons. The third-order valence-corrected chi connectivity index (χ3v) is 2.37. The number of fused-ring (bicyclic) bond motifs is 1. The highest BCUT2D eigenvalue weighted by Crippen LogP contribution is 2.14. The van der Waals surface area contributed by atoms with Gasteiger partial charge < -0.3 is 10.1 Å². The van der Waals surface area contributed by atoms with Crippen LogP contribution in [0.2, 0.25) is 0 Å². The number of nitrogens with zero attached hydrogens (tertiary/aromatic N) is 2. The number of hydrogen-bond acceptors (Lipinski definition) is 2. The molecule has 0 aromatic carbocycles. The van der Waals surface area contributed by atoms with Crippen molar-refractivity contribution in [1.82, 2.24) is 9.38 Å². The number of pyridine rings is 1. The van der Waals surface area contributed by atoms with Crippen LogP contribution >= 0.6 is 0 Å². The summed E-state index contributed by atoms with van der Waals surface area (Å²) in [6.45, 7) is 3.80. The number of nitrogens with two attached hydrogens (primary N) is 1. The van der Waals surface area contributed by atoms with E-state index in [1.807, 2.05) is 18.2 Å². The van der Waals surface area contributed by atoms with E-state index in [1.54, 1.807) is 6.20 Å². The quantitative estimate of drug-likeness (QED) is 0.814. The van der Waals surface area contributed by atoms with Crippen LogP contribution in [0.1, 0.15) is 18.4 Å². The van der Waals surface area contributed by atoms with E-state index < -0.39 is 0 Å². The molecule has 0 aliphatic heterocycles. The molecule has 0 saturated heterocycles. The summed E-state index contributed by atoms with van der Waals surface area (Å²) in [6.07, 6.45) is 2.39. The van der Waals surface area contributed by atoms with E-state index in [0.29, 0.717) is 6.42 Å². The monoisotopic (exact) mass is 207 g/mol. The zero-order valence-electron chi connectivity index (χ0n) is 8.87. The first-order valence-electron chi connectivity index (χ1n) is 4.96. The van der Waals surface area contributed by atoms with Crippen molar-refractivity contribution in [3.05, 3.63) is 35.7 Å². The topological polar surface area (TPSA) is 43.3 Å². The Bertz CT molecular complexity index is 488. The predicted octanol–water partition coefficient (Wildman–Crippen LogP) is 1.67. The fourth-order valence-electron chi connectivity index (χ4n) is 1.71.